The summed E-state index contributed by atoms with van der Waals surface area (Å²) in [6.07, 6.45) is 12.6. The highest BCUT2D eigenvalue weighted by Gasteiger charge is 2.22. The maximum atomic E-state index is 13.3. The molecule has 0 radical (unpaired) electrons. The second-order valence-corrected chi connectivity index (χ2v) is 9.08. The molecule has 0 unspecified atom stereocenters. The molecule has 5 heterocycles. The molecular weight excluding hydrogens is 442 g/mol. The lowest BCUT2D eigenvalue weighted by molar-refractivity contribution is 0.596. The van der Waals surface area contributed by atoms with Gasteiger partial charge in [0.15, 0.2) is 5.03 Å². The highest BCUT2D eigenvalue weighted by molar-refractivity contribution is 7.92. The van der Waals surface area contributed by atoms with Crippen molar-refractivity contribution in [1.29, 1.82) is 5.41 Å². The average molecular weight is 462 g/mol. The molecule has 0 saturated heterocycles. The quantitative estimate of drug-likeness (QED) is 0.373. The van der Waals surface area contributed by atoms with Crippen molar-refractivity contribution in [1.82, 2.24) is 33.9 Å². The van der Waals surface area contributed by atoms with Crippen LogP contribution in [0.15, 0.2) is 66.6 Å². The lowest BCUT2D eigenvalue weighted by Crippen LogP contribution is -2.16. The molecule has 0 amide bonds. The van der Waals surface area contributed by atoms with E-state index in [1.54, 1.807) is 59.5 Å². The number of hydrogen-bond acceptors (Lipinski definition) is 7. The molecule has 5 aromatic heterocycles. The molecule has 0 aromatic carbocycles. The van der Waals surface area contributed by atoms with Crippen LogP contribution in [0.25, 0.3) is 27.9 Å². The van der Waals surface area contributed by atoms with E-state index in [0.29, 0.717) is 11.2 Å². The largest absolute Gasteiger partial charge is 0.306 e. The molecule has 166 valence electrons. The normalized spacial score (nSPS) is 11.7. The molecule has 0 aliphatic carbocycles. The van der Waals surface area contributed by atoms with Gasteiger partial charge in [-0.2, -0.15) is 18.6 Å². The Morgan fingerprint density at radius 3 is 2.21 bits per heavy atom. The molecule has 5 rings (SSSR count). The number of aromatic nitrogens is 7. The Morgan fingerprint density at radius 1 is 0.879 bits per heavy atom. The van der Waals surface area contributed by atoms with E-state index in [9.17, 15) is 8.42 Å². The number of nitrogens with zero attached hydrogens (tertiary/aromatic N) is 7. The van der Waals surface area contributed by atoms with Crippen LogP contribution in [0.3, 0.4) is 0 Å². The van der Waals surface area contributed by atoms with Gasteiger partial charge in [0.25, 0.3) is 10.0 Å². The van der Waals surface area contributed by atoms with E-state index in [0.717, 1.165) is 22.9 Å². The lowest BCUT2D eigenvalue weighted by atomic mass is 10.1. The third kappa shape index (κ3) is 3.76. The van der Waals surface area contributed by atoms with E-state index in [4.69, 9.17) is 5.41 Å². The van der Waals surface area contributed by atoms with Crippen molar-refractivity contribution in [2.45, 2.75) is 5.03 Å². The maximum absolute atomic E-state index is 13.3. The van der Waals surface area contributed by atoms with Crippen molar-refractivity contribution in [3.8, 4) is 22.3 Å². The fraction of sp³-hybridized carbons (Fsp3) is 0.0952. The fourth-order valence-corrected chi connectivity index (χ4v) is 4.65. The Bertz CT molecular complexity index is 1610. The Balaban J connectivity index is 1.56. The number of imidazole rings is 1. The van der Waals surface area contributed by atoms with Crippen LogP contribution in [0, 0.1) is 5.41 Å². The van der Waals surface area contributed by atoms with Crippen LogP contribution in [0.5, 0.6) is 0 Å². The van der Waals surface area contributed by atoms with Gasteiger partial charge >= 0.3 is 0 Å². The smallest absolute Gasteiger partial charge is 0.279 e. The van der Waals surface area contributed by atoms with E-state index < -0.39 is 10.0 Å². The summed E-state index contributed by atoms with van der Waals surface area (Å²) in [5.74, 6) is 0. The van der Waals surface area contributed by atoms with Crippen molar-refractivity contribution in [2.24, 2.45) is 14.1 Å². The molecule has 5 aromatic rings. The van der Waals surface area contributed by atoms with Crippen molar-refractivity contribution in [2.75, 3.05) is 4.72 Å². The van der Waals surface area contributed by atoms with E-state index in [2.05, 4.69) is 24.9 Å². The molecule has 0 spiro atoms. The molecule has 0 atom stereocenters. The zero-order valence-electron chi connectivity index (χ0n) is 17.7. The number of anilines is 1. The number of rotatable bonds is 6. The van der Waals surface area contributed by atoms with Gasteiger partial charge in [0.1, 0.15) is 11.3 Å². The third-order valence-corrected chi connectivity index (χ3v) is 6.46. The molecular formula is C21H19N9O2S. The summed E-state index contributed by atoms with van der Waals surface area (Å²) < 4.78 is 34.1. The Hall–Kier alpha value is -4.32. The van der Waals surface area contributed by atoms with Crippen molar-refractivity contribution in [3.63, 3.8) is 0 Å². The van der Waals surface area contributed by atoms with Gasteiger partial charge in [0.2, 0.25) is 0 Å². The van der Waals surface area contributed by atoms with Crippen molar-refractivity contribution >= 4 is 27.6 Å². The van der Waals surface area contributed by atoms with Gasteiger partial charge in [-0.1, -0.05) is 0 Å². The van der Waals surface area contributed by atoms with E-state index in [1.165, 1.54) is 10.6 Å². The van der Waals surface area contributed by atoms with Crippen LogP contribution in [-0.4, -0.2) is 48.6 Å². The molecule has 11 nitrogen and oxygen atoms in total. The first-order chi connectivity index (χ1) is 15.8. The van der Waals surface area contributed by atoms with Crippen LogP contribution in [0.4, 0.5) is 5.69 Å². The topological polar surface area (TPSA) is 136 Å². The number of nitrogens with one attached hydrogen (secondary N) is 2. The molecule has 0 saturated carbocycles. The van der Waals surface area contributed by atoms with E-state index in [1.807, 2.05) is 19.3 Å². The standard InChI is InChI=1S/C21H19N9O2S/c1-28-11-16(8-25-28)14-3-4-20-24-10-21(30(20)13-14)33(31,32)27-18-5-15(7-23-19(18)6-22)17-9-26-29(2)12-17/h3-13,22,27H,1-2H3. The van der Waals surface area contributed by atoms with Crippen LogP contribution in [-0.2, 0) is 24.1 Å². The first kappa shape index (κ1) is 20.6. The predicted molar refractivity (Wildman–Crippen MR) is 123 cm³/mol. The summed E-state index contributed by atoms with van der Waals surface area (Å²) in [7, 11) is -0.449. The molecule has 2 N–H and O–H groups in total. The molecule has 0 aliphatic heterocycles. The van der Waals surface area contributed by atoms with Crippen LogP contribution in [0.1, 0.15) is 5.69 Å². The fourth-order valence-electron chi connectivity index (χ4n) is 3.50. The number of pyridine rings is 2. The maximum Gasteiger partial charge on any atom is 0.279 e. The first-order valence-corrected chi connectivity index (χ1v) is 11.3. The highest BCUT2D eigenvalue weighted by Crippen LogP contribution is 2.26. The van der Waals surface area contributed by atoms with Gasteiger partial charge in [-0.15, -0.1) is 0 Å². The number of fused-ring (bicyclic) bond motifs is 1. The van der Waals surface area contributed by atoms with Crippen molar-refractivity contribution in [3.05, 3.63) is 67.3 Å². The van der Waals surface area contributed by atoms with Gasteiger partial charge in [0, 0.05) is 67.4 Å². The van der Waals surface area contributed by atoms with E-state index in [-0.39, 0.29) is 16.4 Å². The zero-order valence-corrected chi connectivity index (χ0v) is 18.5. The minimum Gasteiger partial charge on any atom is -0.306 e. The van der Waals surface area contributed by atoms with Crippen LogP contribution >= 0.6 is 0 Å². The zero-order chi connectivity index (χ0) is 23.2. The Morgan fingerprint density at radius 2 is 1.58 bits per heavy atom. The number of sulfonamides is 1. The van der Waals surface area contributed by atoms with Gasteiger partial charge in [-0.25, -0.2) is 4.98 Å². The highest BCUT2D eigenvalue weighted by atomic mass is 32.2. The van der Waals surface area contributed by atoms with Crippen LogP contribution in [0.2, 0.25) is 0 Å². The molecule has 0 fully saturated rings. The summed E-state index contributed by atoms with van der Waals surface area (Å²) >= 11 is 0. The van der Waals surface area contributed by atoms with Crippen LogP contribution < -0.4 is 4.72 Å². The van der Waals surface area contributed by atoms with Gasteiger partial charge in [0.05, 0.1) is 24.3 Å². The summed E-state index contributed by atoms with van der Waals surface area (Å²) in [5, 5.41) is 15.9. The minimum absolute atomic E-state index is 0.0362. The molecule has 33 heavy (non-hydrogen) atoms. The molecule has 12 heteroatoms. The van der Waals surface area contributed by atoms with Gasteiger partial charge in [-0.05, 0) is 18.2 Å². The van der Waals surface area contributed by atoms with E-state index >= 15 is 0 Å². The second-order valence-electron chi connectivity index (χ2n) is 7.45. The minimum atomic E-state index is -4.05. The predicted octanol–water partition coefficient (Wildman–Crippen LogP) is 2.33. The number of hydrogen-bond donors (Lipinski definition) is 2. The summed E-state index contributed by atoms with van der Waals surface area (Å²) in [4.78, 5) is 8.46. The third-order valence-electron chi connectivity index (χ3n) is 5.12. The molecule has 0 aliphatic rings. The lowest BCUT2D eigenvalue weighted by Gasteiger charge is -2.11. The Kier molecular flexibility index (Phi) is 4.78. The monoisotopic (exact) mass is 461 g/mol. The van der Waals surface area contributed by atoms with Gasteiger partial charge < -0.3 is 5.41 Å². The SMILES string of the molecule is Cn1cc(-c2cnc(C=N)c(NS(=O)(=O)c3cnc4ccc(-c5cnn(C)c5)cn34)c2)cn1. The van der Waals surface area contributed by atoms with Crippen molar-refractivity contribution < 1.29 is 8.42 Å². The van der Waals surface area contributed by atoms with Gasteiger partial charge in [-0.3, -0.25) is 23.5 Å². The summed E-state index contributed by atoms with van der Waals surface area (Å²) in [5.41, 5.74) is 3.95. The average Bonchev–Trinajstić information content (AvgIpc) is 3.52. The summed E-state index contributed by atoms with van der Waals surface area (Å²) in [6.45, 7) is 0. The first-order valence-electron chi connectivity index (χ1n) is 9.82. The second kappa shape index (κ2) is 7.67. The Labute approximate surface area is 188 Å². The molecule has 0 bridgehead atoms. The summed E-state index contributed by atoms with van der Waals surface area (Å²) in [6, 6.07) is 5.23. The number of aryl methyl sites for hydroxylation is 2.